The van der Waals surface area contributed by atoms with Gasteiger partial charge in [-0.05, 0) is 0 Å². The van der Waals surface area contributed by atoms with Crippen LogP contribution in [0.2, 0.25) is 13.1 Å². The van der Waals surface area contributed by atoms with Gasteiger partial charge in [-0.1, -0.05) is 0 Å². The molecule has 0 N–H and O–H groups in total. The molecule has 2 aliphatic rings. The number of halogens is 2. The van der Waals surface area contributed by atoms with E-state index < -0.39 is 26.8 Å². The number of hydrogen-bond acceptors (Lipinski definition) is 0. The van der Waals surface area contributed by atoms with Gasteiger partial charge < -0.3 is 24.8 Å². The predicted octanol–water partition coefficient (Wildman–Crippen LogP) is 5.75. The molecule has 0 amide bonds. The fourth-order valence-electron chi connectivity index (χ4n) is 8.81. The summed E-state index contributed by atoms with van der Waals surface area (Å²) >= 11 is -2.39. The first-order chi connectivity index (χ1) is 22.6. The molecule has 4 heteroatoms. The fraction of sp³-hybridized carbons (Fsp3) is 0.0909. The molecule has 0 saturated carbocycles. The second kappa shape index (κ2) is 12.1. The minimum absolute atomic E-state index is 0. The standard InChI is InChI=1S/2C21H13.C2H7Si.2ClH.Zr/c2*1-3-7-16-12-20-18(9-14(16)5-1)11-19-10-15-6-2-4-8-17(15)13-21(19)20;1-3-2;;;/h2*1-13H;3H,1-2H3;2*1H;/q;;;;;+2/p-2. The molecule has 231 valence electrons. The normalized spacial score (nSPS) is 13.3. The second-order valence-electron chi connectivity index (χ2n) is 13.7. The van der Waals surface area contributed by atoms with E-state index in [4.69, 9.17) is 0 Å². The van der Waals surface area contributed by atoms with Crippen molar-refractivity contribution in [3.05, 3.63) is 168 Å². The van der Waals surface area contributed by atoms with Crippen molar-refractivity contribution < 1.29 is 45.7 Å². The van der Waals surface area contributed by atoms with Gasteiger partial charge in [0.2, 0.25) is 0 Å². The number of fused-ring (bicyclic) bond motifs is 10. The maximum Gasteiger partial charge on any atom is -1.00 e. The van der Waals surface area contributed by atoms with E-state index in [1.807, 2.05) is 0 Å². The van der Waals surface area contributed by atoms with Crippen molar-refractivity contribution in [3.63, 3.8) is 0 Å². The van der Waals surface area contributed by atoms with Crippen LogP contribution in [0, 0.1) is 0 Å². The summed E-state index contributed by atoms with van der Waals surface area (Å²) in [6.45, 7) is 5.38. The smallest absolute Gasteiger partial charge is 1.00 e. The Morgan fingerprint density at radius 2 is 0.562 bits per heavy atom. The molecule has 0 aliphatic heterocycles. The fourth-order valence-corrected chi connectivity index (χ4v) is 30.9. The quantitative estimate of drug-likeness (QED) is 0.202. The Bertz CT molecular complexity index is 2210. The number of hydrogen-bond donors (Lipinski definition) is 0. The molecule has 0 radical (unpaired) electrons. The van der Waals surface area contributed by atoms with Crippen molar-refractivity contribution in [1.29, 1.82) is 0 Å². The average molecular weight is 752 g/mol. The molecule has 0 spiro atoms. The molecule has 0 bridgehead atoms. The van der Waals surface area contributed by atoms with Gasteiger partial charge in [-0.15, -0.1) is 0 Å². The van der Waals surface area contributed by atoms with Crippen LogP contribution in [0.15, 0.2) is 146 Å². The first kappa shape index (κ1) is 31.7. The van der Waals surface area contributed by atoms with Crippen LogP contribution in [-0.2, 0) is 20.9 Å². The van der Waals surface area contributed by atoms with Gasteiger partial charge in [-0.25, -0.2) is 0 Å². The maximum absolute atomic E-state index is 2.69. The Morgan fingerprint density at radius 1 is 0.354 bits per heavy atom. The number of rotatable bonds is 3. The monoisotopic (exact) mass is 749 g/mol. The van der Waals surface area contributed by atoms with E-state index in [0.29, 0.717) is 7.25 Å². The number of benzene rings is 8. The molecule has 48 heavy (non-hydrogen) atoms. The van der Waals surface area contributed by atoms with Gasteiger partial charge in [-0.3, -0.25) is 0 Å². The summed E-state index contributed by atoms with van der Waals surface area (Å²) in [5, 5.41) is 10.9. The SMILES string of the molecule is C[SiH](C)[Zr+2]([CH]1c2cc3ccccc3cc2-c2cc3ccccc3cc21)[CH]1c2cc3ccccc3cc2-c2cc3ccccc3cc21.[Cl-].[Cl-]. The van der Waals surface area contributed by atoms with Crippen LogP contribution < -0.4 is 24.8 Å². The summed E-state index contributed by atoms with van der Waals surface area (Å²) in [7, 11) is 0. The van der Waals surface area contributed by atoms with Crippen molar-refractivity contribution in [2.75, 3.05) is 0 Å². The van der Waals surface area contributed by atoms with Crippen molar-refractivity contribution >= 4 is 49.0 Å². The third kappa shape index (κ3) is 4.72. The molecular weight excluding hydrogens is 719 g/mol. The largest absolute Gasteiger partial charge is 1.00 e. The molecule has 0 saturated heterocycles. The van der Waals surface area contributed by atoms with Gasteiger partial charge in [0.15, 0.2) is 0 Å². The summed E-state index contributed by atoms with van der Waals surface area (Å²) in [5.74, 6) is -1.08. The second-order valence-corrected chi connectivity index (χ2v) is 33.7. The minimum atomic E-state index is -2.39. The molecule has 8 aromatic rings. The zero-order valence-electron chi connectivity index (χ0n) is 26.8. The van der Waals surface area contributed by atoms with E-state index in [0.717, 1.165) is 0 Å². The summed E-state index contributed by atoms with van der Waals surface area (Å²) in [6, 6.07) is 56.4. The van der Waals surface area contributed by atoms with E-state index in [2.05, 4.69) is 159 Å². The van der Waals surface area contributed by atoms with Crippen molar-refractivity contribution in [2.45, 2.75) is 20.3 Å². The summed E-state index contributed by atoms with van der Waals surface area (Å²) in [6.07, 6.45) is 0. The minimum Gasteiger partial charge on any atom is -1.00 e. The Balaban J connectivity index is 0.00000168. The Labute approximate surface area is 302 Å². The van der Waals surface area contributed by atoms with Gasteiger partial charge in [0.25, 0.3) is 0 Å². The van der Waals surface area contributed by atoms with E-state index >= 15 is 0 Å². The molecule has 0 atom stereocenters. The topological polar surface area (TPSA) is 0 Å². The molecule has 0 nitrogen and oxygen atoms in total. The average Bonchev–Trinajstić information content (AvgIpc) is 3.55. The first-order valence-corrected chi connectivity index (χ1v) is 26.6. The molecule has 0 aromatic heterocycles. The zero-order chi connectivity index (χ0) is 30.5. The molecule has 10 rings (SSSR count). The van der Waals surface area contributed by atoms with Crippen molar-refractivity contribution in [2.24, 2.45) is 0 Å². The predicted molar refractivity (Wildman–Crippen MR) is 196 cm³/mol. The van der Waals surface area contributed by atoms with Crippen LogP contribution in [0.4, 0.5) is 0 Å². The summed E-state index contributed by atoms with van der Waals surface area (Å²) in [4.78, 5) is 0. The van der Waals surface area contributed by atoms with Crippen molar-refractivity contribution in [1.82, 2.24) is 0 Å². The summed E-state index contributed by atoms with van der Waals surface area (Å²) < 4.78 is 1.07. The Kier molecular flexibility index (Phi) is 8.01. The van der Waals surface area contributed by atoms with Crippen LogP contribution in [0.5, 0.6) is 0 Å². The van der Waals surface area contributed by atoms with E-state index in [1.54, 1.807) is 22.3 Å². The van der Waals surface area contributed by atoms with Gasteiger partial charge in [-0.2, -0.15) is 0 Å². The Morgan fingerprint density at radius 3 is 0.771 bits per heavy atom. The Hall–Kier alpha value is -3.52. The van der Waals surface area contributed by atoms with Crippen LogP contribution in [0.25, 0.3) is 65.3 Å². The van der Waals surface area contributed by atoms with E-state index in [-0.39, 0.29) is 24.8 Å². The van der Waals surface area contributed by atoms with Crippen LogP contribution in [0.3, 0.4) is 0 Å². The van der Waals surface area contributed by atoms with Gasteiger partial charge in [0, 0.05) is 0 Å². The van der Waals surface area contributed by atoms with Gasteiger partial charge in [0.1, 0.15) is 0 Å². The van der Waals surface area contributed by atoms with E-state index in [1.165, 1.54) is 65.3 Å². The van der Waals surface area contributed by atoms with Crippen LogP contribution in [-0.4, -0.2) is 5.92 Å². The molecule has 0 unspecified atom stereocenters. The van der Waals surface area contributed by atoms with Gasteiger partial charge >= 0.3 is 280 Å². The zero-order valence-corrected chi connectivity index (χ0v) is 32.0. The molecule has 2 aliphatic carbocycles. The first-order valence-electron chi connectivity index (χ1n) is 16.6. The van der Waals surface area contributed by atoms with Crippen molar-refractivity contribution in [3.8, 4) is 22.3 Å². The maximum atomic E-state index is 2.69. The van der Waals surface area contributed by atoms with E-state index in [9.17, 15) is 0 Å². The molecule has 0 fully saturated rings. The summed E-state index contributed by atoms with van der Waals surface area (Å²) in [5.41, 5.74) is 12.3. The van der Waals surface area contributed by atoms with Crippen LogP contribution >= 0.6 is 0 Å². The van der Waals surface area contributed by atoms with Crippen LogP contribution in [0.1, 0.15) is 29.5 Å². The third-order valence-corrected chi connectivity index (χ3v) is 32.3. The van der Waals surface area contributed by atoms with Gasteiger partial charge in [0.05, 0.1) is 0 Å². The molecule has 8 aromatic carbocycles. The molecule has 0 heterocycles. The third-order valence-electron chi connectivity index (χ3n) is 10.8. The molecular formula is C44H33Cl2SiZr.